The molecule has 2 aliphatic heterocycles. The van der Waals surface area contributed by atoms with E-state index in [0.29, 0.717) is 0 Å². The van der Waals surface area contributed by atoms with Gasteiger partial charge in [0.15, 0.2) is 5.50 Å². The van der Waals surface area contributed by atoms with Gasteiger partial charge < -0.3 is 9.80 Å². The molecule has 2 nitrogen and oxygen atoms in total. The van der Waals surface area contributed by atoms with Crippen LogP contribution in [0.4, 0.5) is 10.1 Å². The van der Waals surface area contributed by atoms with Crippen LogP contribution in [0.25, 0.3) is 5.70 Å². The van der Waals surface area contributed by atoms with Crippen LogP contribution < -0.4 is 4.90 Å². The highest BCUT2D eigenvalue weighted by Gasteiger charge is 2.39. The lowest BCUT2D eigenvalue weighted by molar-refractivity contribution is 0.401. The summed E-state index contributed by atoms with van der Waals surface area (Å²) < 4.78 is 13.4. The van der Waals surface area contributed by atoms with Crippen LogP contribution in [-0.4, -0.2) is 28.4 Å². The lowest BCUT2D eigenvalue weighted by Crippen LogP contribution is -2.35. The average molecular weight is 387 g/mol. The summed E-state index contributed by atoms with van der Waals surface area (Å²) in [6.07, 6.45) is 4.62. The smallest absolute Gasteiger partial charge is 0.159 e. The first-order chi connectivity index (χ1) is 12.8. The Labute approximate surface area is 163 Å². The molecular formula is C21H23FN2S2. The van der Waals surface area contributed by atoms with Crippen LogP contribution >= 0.6 is 23.5 Å². The van der Waals surface area contributed by atoms with Crippen LogP contribution in [-0.2, 0) is 0 Å². The molecule has 0 saturated heterocycles. The van der Waals surface area contributed by atoms with Crippen LogP contribution in [0, 0.1) is 5.82 Å². The Bertz CT molecular complexity index is 791. The molecule has 1 atom stereocenters. The van der Waals surface area contributed by atoms with Gasteiger partial charge in [0.1, 0.15) is 5.82 Å². The normalized spacial score (nSPS) is 18.1. The molecule has 5 heteroatoms. The van der Waals surface area contributed by atoms with E-state index in [1.807, 2.05) is 35.7 Å². The molecule has 2 aliphatic rings. The van der Waals surface area contributed by atoms with Crippen molar-refractivity contribution in [2.45, 2.75) is 30.2 Å². The highest BCUT2D eigenvalue weighted by Crippen LogP contribution is 2.50. The van der Waals surface area contributed by atoms with Crippen molar-refractivity contribution in [2.24, 2.45) is 0 Å². The topological polar surface area (TPSA) is 6.48 Å². The minimum Gasteiger partial charge on any atom is -0.340 e. The Hall–Kier alpha value is -1.59. The molecule has 1 unspecified atom stereocenters. The van der Waals surface area contributed by atoms with E-state index in [-0.39, 0.29) is 11.3 Å². The molecule has 0 saturated carbocycles. The summed E-state index contributed by atoms with van der Waals surface area (Å²) in [5, 5.41) is 0. The Morgan fingerprint density at radius 3 is 2.69 bits per heavy atom. The Morgan fingerprint density at radius 1 is 1.08 bits per heavy atom. The SMILES string of the molecule is CCCSCCCN1C(c2ccc(F)cc2)=CN2c3ccccc3SC12. The third kappa shape index (κ3) is 3.47. The summed E-state index contributed by atoms with van der Waals surface area (Å²) in [6, 6.07) is 15.5. The van der Waals surface area contributed by atoms with E-state index in [1.54, 1.807) is 12.1 Å². The molecule has 0 fully saturated rings. The van der Waals surface area contributed by atoms with E-state index in [0.717, 1.165) is 18.5 Å². The van der Waals surface area contributed by atoms with Crippen molar-refractivity contribution < 1.29 is 4.39 Å². The van der Waals surface area contributed by atoms with Gasteiger partial charge in [-0.1, -0.05) is 30.8 Å². The van der Waals surface area contributed by atoms with Crippen LogP contribution in [0.1, 0.15) is 25.3 Å². The first-order valence-corrected chi connectivity index (χ1v) is 11.2. The highest BCUT2D eigenvalue weighted by atomic mass is 32.2. The van der Waals surface area contributed by atoms with E-state index in [1.165, 1.54) is 34.2 Å². The second kappa shape index (κ2) is 7.97. The number of para-hydroxylation sites is 1. The Balaban J connectivity index is 1.58. The van der Waals surface area contributed by atoms with Gasteiger partial charge in [-0.25, -0.2) is 4.39 Å². The number of rotatable bonds is 7. The number of nitrogens with zero attached hydrogens (tertiary/aromatic N) is 2. The van der Waals surface area contributed by atoms with E-state index < -0.39 is 0 Å². The fourth-order valence-electron chi connectivity index (χ4n) is 3.41. The monoisotopic (exact) mass is 386 g/mol. The summed E-state index contributed by atoms with van der Waals surface area (Å²) in [7, 11) is 0. The predicted molar refractivity (Wildman–Crippen MR) is 112 cm³/mol. The quantitative estimate of drug-likeness (QED) is 0.549. The fourth-order valence-corrected chi connectivity index (χ4v) is 5.55. The van der Waals surface area contributed by atoms with Crippen molar-refractivity contribution in [3.63, 3.8) is 0 Å². The van der Waals surface area contributed by atoms with Crippen LogP contribution in [0.3, 0.4) is 0 Å². The molecule has 0 N–H and O–H groups in total. The van der Waals surface area contributed by atoms with E-state index in [2.05, 4.69) is 47.2 Å². The van der Waals surface area contributed by atoms with E-state index >= 15 is 0 Å². The summed E-state index contributed by atoms with van der Waals surface area (Å²) in [5.41, 5.74) is 3.81. The van der Waals surface area contributed by atoms with Crippen molar-refractivity contribution in [3.8, 4) is 0 Å². The van der Waals surface area contributed by atoms with Gasteiger partial charge in [-0.2, -0.15) is 11.8 Å². The fraction of sp³-hybridized carbons (Fsp3) is 0.333. The first kappa shape index (κ1) is 17.8. The standard InChI is InChI=1S/C21H23FN2S2/c1-2-13-25-14-5-12-23-19(16-8-10-17(22)11-9-16)15-24-18-6-3-4-7-20(18)26-21(23)24/h3-4,6-11,15,21H,2,5,12-14H2,1H3. The number of anilines is 1. The molecule has 0 aromatic heterocycles. The highest BCUT2D eigenvalue weighted by molar-refractivity contribution is 8.00. The molecule has 0 spiro atoms. The number of fused-ring (bicyclic) bond motifs is 3. The van der Waals surface area contributed by atoms with Crippen molar-refractivity contribution in [1.82, 2.24) is 4.90 Å². The lowest BCUT2D eigenvalue weighted by atomic mass is 10.1. The Morgan fingerprint density at radius 2 is 1.88 bits per heavy atom. The van der Waals surface area contributed by atoms with Gasteiger partial charge in [-0.3, -0.25) is 0 Å². The second-order valence-corrected chi connectivity index (χ2v) is 8.82. The summed E-state index contributed by atoms with van der Waals surface area (Å²) in [5.74, 6) is 2.23. The van der Waals surface area contributed by atoms with Crippen LogP contribution in [0.2, 0.25) is 0 Å². The maximum atomic E-state index is 13.4. The molecular weight excluding hydrogens is 363 g/mol. The average Bonchev–Trinajstić information content (AvgIpc) is 3.19. The van der Waals surface area contributed by atoms with Crippen molar-refractivity contribution >= 4 is 34.9 Å². The minimum absolute atomic E-state index is 0.185. The van der Waals surface area contributed by atoms with Gasteiger partial charge in [-0.05, 0) is 66.3 Å². The first-order valence-electron chi connectivity index (χ1n) is 9.14. The van der Waals surface area contributed by atoms with Gasteiger partial charge in [0.05, 0.1) is 11.4 Å². The van der Waals surface area contributed by atoms with E-state index in [9.17, 15) is 4.39 Å². The molecule has 0 radical (unpaired) electrons. The second-order valence-electron chi connectivity index (χ2n) is 6.50. The van der Waals surface area contributed by atoms with E-state index in [4.69, 9.17) is 0 Å². The molecule has 4 rings (SSSR count). The summed E-state index contributed by atoms with van der Waals surface area (Å²) in [6.45, 7) is 3.25. The van der Waals surface area contributed by atoms with Gasteiger partial charge in [0.2, 0.25) is 0 Å². The number of thioether (sulfide) groups is 2. The van der Waals surface area contributed by atoms with Crippen LogP contribution in [0.15, 0.2) is 59.6 Å². The van der Waals surface area contributed by atoms with Gasteiger partial charge in [-0.15, -0.1) is 0 Å². The lowest BCUT2D eigenvalue weighted by Gasteiger charge is -2.29. The molecule has 0 aliphatic carbocycles. The van der Waals surface area contributed by atoms with Crippen molar-refractivity contribution in [2.75, 3.05) is 23.0 Å². The molecule has 2 aromatic carbocycles. The van der Waals surface area contributed by atoms with Crippen LogP contribution in [0.5, 0.6) is 0 Å². The van der Waals surface area contributed by atoms with Crippen molar-refractivity contribution in [1.29, 1.82) is 0 Å². The number of hydrogen-bond acceptors (Lipinski definition) is 4. The summed E-state index contributed by atoms with van der Waals surface area (Å²) in [4.78, 5) is 6.17. The molecule has 136 valence electrons. The molecule has 2 heterocycles. The number of hydrogen-bond donors (Lipinski definition) is 0. The minimum atomic E-state index is -0.185. The molecule has 26 heavy (non-hydrogen) atoms. The third-order valence-corrected chi connectivity index (χ3v) is 7.19. The zero-order valence-corrected chi connectivity index (χ0v) is 16.5. The maximum Gasteiger partial charge on any atom is 0.159 e. The third-order valence-electron chi connectivity index (χ3n) is 4.63. The molecule has 2 aromatic rings. The predicted octanol–water partition coefficient (Wildman–Crippen LogP) is 5.87. The summed E-state index contributed by atoms with van der Waals surface area (Å²) >= 11 is 3.94. The van der Waals surface area contributed by atoms with Gasteiger partial charge in [0, 0.05) is 17.6 Å². The number of halogens is 1. The molecule has 0 amide bonds. The Kier molecular flexibility index (Phi) is 5.46. The zero-order chi connectivity index (χ0) is 17.9. The zero-order valence-electron chi connectivity index (χ0n) is 14.9. The molecule has 0 bridgehead atoms. The number of benzene rings is 2. The van der Waals surface area contributed by atoms with Gasteiger partial charge in [0.25, 0.3) is 0 Å². The van der Waals surface area contributed by atoms with Gasteiger partial charge >= 0.3 is 0 Å². The van der Waals surface area contributed by atoms with Crippen molar-refractivity contribution in [3.05, 3.63) is 66.1 Å². The maximum absolute atomic E-state index is 13.4. The largest absolute Gasteiger partial charge is 0.340 e.